The summed E-state index contributed by atoms with van der Waals surface area (Å²) in [5.74, 6) is 5.92. The van der Waals surface area contributed by atoms with Crippen molar-refractivity contribution in [3.8, 4) is 28.7 Å². The maximum absolute atomic E-state index is 11.4. The van der Waals surface area contributed by atoms with E-state index in [1.165, 1.54) is 7.11 Å². The number of ether oxygens (including phenoxy) is 1. The molecule has 1 N–H and O–H groups in total. The predicted octanol–water partition coefficient (Wildman–Crippen LogP) is 4.91. The number of hydrogen-bond donors (Lipinski definition) is 1. The number of carbonyl (C=O) groups is 1. The van der Waals surface area contributed by atoms with Crippen LogP contribution >= 0.6 is 0 Å². The SMILES string of the molecule is COC(=O)c1ccc(C#CC=Cc2ccccc2-c2cccc(O)c2)cc1. The van der Waals surface area contributed by atoms with Gasteiger partial charge < -0.3 is 9.84 Å². The van der Waals surface area contributed by atoms with Crippen LogP contribution in [-0.2, 0) is 4.74 Å². The van der Waals surface area contributed by atoms with Gasteiger partial charge in [0.1, 0.15) is 5.75 Å². The fourth-order valence-corrected chi connectivity index (χ4v) is 2.64. The van der Waals surface area contributed by atoms with Crippen molar-refractivity contribution in [3.05, 3.63) is 95.6 Å². The van der Waals surface area contributed by atoms with Crippen LogP contribution in [0, 0.1) is 11.8 Å². The number of carbonyl (C=O) groups excluding carboxylic acids is 1. The molecular formula is C24H18O3. The molecule has 0 aromatic heterocycles. The van der Waals surface area contributed by atoms with Crippen LogP contribution in [-0.4, -0.2) is 18.2 Å². The van der Waals surface area contributed by atoms with Gasteiger partial charge in [-0.15, -0.1) is 0 Å². The van der Waals surface area contributed by atoms with Crippen LogP contribution in [0.4, 0.5) is 0 Å². The van der Waals surface area contributed by atoms with Crippen molar-refractivity contribution in [2.75, 3.05) is 7.11 Å². The summed E-state index contributed by atoms with van der Waals surface area (Å²) in [6, 6.07) is 22.1. The van der Waals surface area contributed by atoms with Crippen molar-refractivity contribution in [1.29, 1.82) is 0 Å². The average molecular weight is 354 g/mol. The summed E-state index contributed by atoms with van der Waals surface area (Å²) in [5.41, 5.74) is 4.29. The van der Waals surface area contributed by atoms with E-state index in [-0.39, 0.29) is 11.7 Å². The first-order valence-corrected chi connectivity index (χ1v) is 8.42. The molecule has 0 atom stereocenters. The van der Waals surface area contributed by atoms with Gasteiger partial charge in [0.15, 0.2) is 0 Å². The predicted molar refractivity (Wildman–Crippen MR) is 107 cm³/mol. The Hall–Kier alpha value is -3.77. The molecule has 0 saturated carbocycles. The normalized spacial score (nSPS) is 10.3. The molecule has 3 aromatic rings. The van der Waals surface area contributed by atoms with Crippen molar-refractivity contribution in [2.45, 2.75) is 0 Å². The van der Waals surface area contributed by atoms with Gasteiger partial charge in [-0.25, -0.2) is 4.79 Å². The van der Waals surface area contributed by atoms with Crippen LogP contribution < -0.4 is 0 Å². The number of benzene rings is 3. The summed E-state index contributed by atoms with van der Waals surface area (Å²) < 4.78 is 4.68. The molecule has 0 aliphatic rings. The van der Waals surface area contributed by atoms with Crippen LogP contribution in [0.1, 0.15) is 21.5 Å². The first kappa shape index (κ1) is 18.0. The van der Waals surface area contributed by atoms with Gasteiger partial charge in [0.2, 0.25) is 0 Å². The smallest absolute Gasteiger partial charge is 0.337 e. The second-order valence-corrected chi connectivity index (χ2v) is 5.81. The van der Waals surface area contributed by atoms with Gasteiger partial charge in [-0.1, -0.05) is 48.2 Å². The van der Waals surface area contributed by atoms with Gasteiger partial charge in [-0.2, -0.15) is 0 Å². The van der Waals surface area contributed by atoms with E-state index in [2.05, 4.69) is 16.6 Å². The van der Waals surface area contributed by atoms with E-state index in [9.17, 15) is 9.90 Å². The number of phenols is 1. The Morgan fingerprint density at radius 2 is 1.78 bits per heavy atom. The Morgan fingerprint density at radius 1 is 1.00 bits per heavy atom. The summed E-state index contributed by atoms with van der Waals surface area (Å²) >= 11 is 0. The highest BCUT2D eigenvalue weighted by molar-refractivity contribution is 5.89. The van der Waals surface area contributed by atoms with Crippen LogP contribution in [0.3, 0.4) is 0 Å². The molecule has 0 bridgehead atoms. The van der Waals surface area contributed by atoms with E-state index >= 15 is 0 Å². The van der Waals surface area contributed by atoms with E-state index in [1.807, 2.05) is 42.5 Å². The summed E-state index contributed by atoms with van der Waals surface area (Å²) in [5, 5.41) is 9.71. The standard InChI is InChI=1S/C24H18O3/c1-27-24(26)20-15-13-18(14-16-20)7-2-3-8-19-9-4-5-12-23(19)21-10-6-11-22(25)17-21/h3-6,8-17,25H,1H3. The summed E-state index contributed by atoms with van der Waals surface area (Å²) in [6.07, 6.45) is 3.73. The molecule has 0 fully saturated rings. The van der Waals surface area contributed by atoms with Crippen molar-refractivity contribution in [2.24, 2.45) is 0 Å². The topological polar surface area (TPSA) is 46.5 Å². The molecule has 0 spiro atoms. The van der Waals surface area contributed by atoms with E-state index < -0.39 is 0 Å². The Bertz CT molecular complexity index is 1030. The van der Waals surface area contributed by atoms with Crippen molar-refractivity contribution < 1.29 is 14.6 Å². The highest BCUT2D eigenvalue weighted by Gasteiger charge is 2.03. The lowest BCUT2D eigenvalue weighted by molar-refractivity contribution is 0.0600. The molecule has 0 saturated heterocycles. The molecule has 3 nitrogen and oxygen atoms in total. The van der Waals surface area contributed by atoms with E-state index in [4.69, 9.17) is 0 Å². The fourth-order valence-electron chi connectivity index (χ4n) is 2.64. The first-order valence-electron chi connectivity index (χ1n) is 8.42. The molecule has 132 valence electrons. The molecule has 0 unspecified atom stereocenters. The fraction of sp³-hybridized carbons (Fsp3) is 0.0417. The first-order chi connectivity index (χ1) is 13.2. The molecule has 3 aromatic carbocycles. The van der Waals surface area contributed by atoms with Gasteiger partial charge >= 0.3 is 5.97 Å². The van der Waals surface area contributed by atoms with Gasteiger partial charge in [0, 0.05) is 5.56 Å². The maximum Gasteiger partial charge on any atom is 0.337 e. The van der Waals surface area contributed by atoms with Gasteiger partial charge in [-0.3, -0.25) is 0 Å². The maximum atomic E-state index is 11.4. The third kappa shape index (κ3) is 4.65. The third-order valence-corrected chi connectivity index (χ3v) is 3.99. The number of esters is 1. The Balaban J connectivity index is 1.78. The lowest BCUT2D eigenvalue weighted by atomic mass is 9.99. The number of methoxy groups -OCH3 is 1. The summed E-state index contributed by atoms with van der Waals surface area (Å²) in [7, 11) is 1.36. The zero-order valence-corrected chi connectivity index (χ0v) is 14.8. The highest BCUT2D eigenvalue weighted by Crippen LogP contribution is 2.27. The summed E-state index contributed by atoms with van der Waals surface area (Å²) in [6.45, 7) is 0. The van der Waals surface area contributed by atoms with Crippen LogP contribution in [0.15, 0.2) is 78.9 Å². The van der Waals surface area contributed by atoms with Gasteiger partial charge in [0.05, 0.1) is 12.7 Å². The molecular weight excluding hydrogens is 336 g/mol. The number of allylic oxidation sites excluding steroid dienone is 1. The monoisotopic (exact) mass is 354 g/mol. The lowest BCUT2D eigenvalue weighted by Crippen LogP contribution is -2.00. The Morgan fingerprint density at radius 3 is 2.52 bits per heavy atom. The zero-order valence-electron chi connectivity index (χ0n) is 14.8. The summed E-state index contributed by atoms with van der Waals surface area (Å²) in [4.78, 5) is 11.4. The number of phenolic OH excluding ortho intramolecular Hbond substituents is 1. The quantitative estimate of drug-likeness (QED) is 0.537. The van der Waals surface area contributed by atoms with Gasteiger partial charge in [-0.05, 0) is 65.2 Å². The number of hydrogen-bond acceptors (Lipinski definition) is 3. The van der Waals surface area contributed by atoms with Crippen molar-refractivity contribution >= 4 is 12.0 Å². The largest absolute Gasteiger partial charge is 0.508 e. The Labute approximate surface area is 158 Å². The van der Waals surface area contributed by atoms with Crippen LogP contribution in [0.2, 0.25) is 0 Å². The van der Waals surface area contributed by atoms with Crippen LogP contribution in [0.25, 0.3) is 17.2 Å². The third-order valence-electron chi connectivity index (χ3n) is 3.99. The minimum atomic E-state index is -0.363. The molecule has 3 heteroatoms. The molecule has 0 radical (unpaired) electrons. The molecule has 0 amide bonds. The van der Waals surface area contributed by atoms with Crippen molar-refractivity contribution in [3.63, 3.8) is 0 Å². The second-order valence-electron chi connectivity index (χ2n) is 5.81. The molecule has 3 rings (SSSR count). The second kappa shape index (κ2) is 8.55. The number of aromatic hydroxyl groups is 1. The zero-order chi connectivity index (χ0) is 19.1. The van der Waals surface area contributed by atoms with Crippen LogP contribution in [0.5, 0.6) is 5.75 Å². The highest BCUT2D eigenvalue weighted by atomic mass is 16.5. The Kier molecular flexibility index (Phi) is 5.71. The van der Waals surface area contributed by atoms with E-state index in [1.54, 1.807) is 42.5 Å². The van der Waals surface area contributed by atoms with E-state index in [0.717, 1.165) is 22.3 Å². The average Bonchev–Trinajstić information content (AvgIpc) is 2.71. The lowest BCUT2D eigenvalue weighted by Gasteiger charge is -2.06. The molecule has 0 aliphatic heterocycles. The number of rotatable bonds is 3. The van der Waals surface area contributed by atoms with Crippen molar-refractivity contribution in [1.82, 2.24) is 0 Å². The molecule has 0 aliphatic carbocycles. The molecule has 0 heterocycles. The van der Waals surface area contributed by atoms with E-state index in [0.29, 0.717) is 5.56 Å². The molecule has 27 heavy (non-hydrogen) atoms. The van der Waals surface area contributed by atoms with Gasteiger partial charge in [0.25, 0.3) is 0 Å². The minimum absolute atomic E-state index is 0.237. The minimum Gasteiger partial charge on any atom is -0.508 e.